The predicted octanol–water partition coefficient (Wildman–Crippen LogP) is 3.03. The molecule has 0 aliphatic rings. The highest BCUT2D eigenvalue weighted by atomic mass is 19.4. The SMILES string of the molecule is FCOC(F)(F)C(F)(F)OC(CF)C(F)(F)F. The van der Waals surface area contributed by atoms with Gasteiger partial charge in [0.05, 0.1) is 0 Å². The average molecular weight is 280 g/mol. The van der Waals surface area contributed by atoms with E-state index in [4.69, 9.17) is 0 Å². The number of ether oxygens (including phenoxy) is 2. The van der Waals surface area contributed by atoms with Crippen molar-refractivity contribution < 1.29 is 49.0 Å². The molecule has 0 aliphatic heterocycles. The second kappa shape index (κ2) is 5.29. The van der Waals surface area contributed by atoms with Crippen molar-refractivity contribution in [2.75, 3.05) is 13.5 Å². The van der Waals surface area contributed by atoms with E-state index in [9.17, 15) is 39.5 Å². The minimum atomic E-state index is -5.83. The summed E-state index contributed by atoms with van der Waals surface area (Å²) in [6.45, 7) is -4.90. The van der Waals surface area contributed by atoms with Crippen LogP contribution in [0.3, 0.4) is 0 Å². The monoisotopic (exact) mass is 280 g/mol. The molecule has 2 nitrogen and oxygen atoms in total. The number of hydrogen-bond donors (Lipinski definition) is 0. The molecule has 0 radical (unpaired) electrons. The van der Waals surface area contributed by atoms with Crippen LogP contribution in [0.25, 0.3) is 0 Å². The second-order valence-electron chi connectivity index (χ2n) is 2.59. The van der Waals surface area contributed by atoms with E-state index in [1.807, 2.05) is 0 Å². The Kier molecular flexibility index (Phi) is 5.07. The molecule has 0 heterocycles. The topological polar surface area (TPSA) is 18.5 Å². The van der Waals surface area contributed by atoms with Crippen LogP contribution in [0.15, 0.2) is 0 Å². The van der Waals surface area contributed by atoms with Crippen molar-refractivity contribution in [2.45, 2.75) is 24.5 Å². The lowest BCUT2D eigenvalue weighted by molar-refractivity contribution is -0.457. The highest BCUT2D eigenvalue weighted by Crippen LogP contribution is 2.39. The molecule has 0 saturated carbocycles. The van der Waals surface area contributed by atoms with Crippen molar-refractivity contribution in [3.63, 3.8) is 0 Å². The van der Waals surface area contributed by atoms with E-state index in [1.165, 1.54) is 0 Å². The molecule has 0 aromatic carbocycles. The van der Waals surface area contributed by atoms with Crippen LogP contribution in [-0.2, 0) is 9.47 Å². The maximum absolute atomic E-state index is 12.4. The first-order valence-corrected chi connectivity index (χ1v) is 3.74. The molecular formula is C6H5F9O2. The van der Waals surface area contributed by atoms with Crippen LogP contribution in [0, 0.1) is 0 Å². The molecular weight excluding hydrogens is 275 g/mol. The van der Waals surface area contributed by atoms with Gasteiger partial charge in [0.2, 0.25) is 0 Å². The summed E-state index contributed by atoms with van der Waals surface area (Å²) in [4.78, 5) is 0. The molecule has 0 amide bonds. The van der Waals surface area contributed by atoms with Crippen LogP contribution in [0.5, 0.6) is 0 Å². The molecule has 11 heteroatoms. The highest BCUT2D eigenvalue weighted by molar-refractivity contribution is 4.74. The summed E-state index contributed by atoms with van der Waals surface area (Å²) < 4.78 is 113. The van der Waals surface area contributed by atoms with E-state index < -0.39 is 38.0 Å². The molecule has 0 saturated heterocycles. The van der Waals surface area contributed by atoms with E-state index in [0.717, 1.165) is 0 Å². The third-order valence-electron chi connectivity index (χ3n) is 1.37. The molecule has 0 fully saturated rings. The summed E-state index contributed by atoms with van der Waals surface area (Å²) in [6.07, 6.45) is -20.9. The van der Waals surface area contributed by atoms with Crippen molar-refractivity contribution in [2.24, 2.45) is 0 Å². The Morgan fingerprint density at radius 1 is 0.824 bits per heavy atom. The largest absolute Gasteiger partial charge is 0.450 e. The molecule has 0 N–H and O–H groups in total. The zero-order valence-corrected chi connectivity index (χ0v) is 7.71. The van der Waals surface area contributed by atoms with E-state index in [2.05, 4.69) is 9.47 Å². The van der Waals surface area contributed by atoms with Gasteiger partial charge >= 0.3 is 18.4 Å². The van der Waals surface area contributed by atoms with Gasteiger partial charge < -0.3 is 0 Å². The number of hydrogen-bond acceptors (Lipinski definition) is 2. The first-order valence-electron chi connectivity index (χ1n) is 3.74. The molecule has 0 rings (SSSR count). The Bertz CT molecular complexity index is 238. The first-order chi connectivity index (χ1) is 7.48. The highest BCUT2D eigenvalue weighted by Gasteiger charge is 2.63. The van der Waals surface area contributed by atoms with Crippen molar-refractivity contribution in [1.82, 2.24) is 0 Å². The van der Waals surface area contributed by atoms with Crippen LogP contribution in [0.4, 0.5) is 39.5 Å². The van der Waals surface area contributed by atoms with Gasteiger partial charge in [0.25, 0.3) is 0 Å². The van der Waals surface area contributed by atoms with E-state index >= 15 is 0 Å². The van der Waals surface area contributed by atoms with Gasteiger partial charge in [-0.05, 0) is 0 Å². The first kappa shape index (κ1) is 16.3. The summed E-state index contributed by atoms with van der Waals surface area (Å²) >= 11 is 0. The van der Waals surface area contributed by atoms with Crippen molar-refractivity contribution >= 4 is 0 Å². The Labute approximate surface area is 88.3 Å². The molecule has 0 aromatic heterocycles. The minimum absolute atomic E-state index is 2.39. The fourth-order valence-corrected chi connectivity index (χ4v) is 0.586. The predicted molar refractivity (Wildman–Crippen MR) is 33.9 cm³/mol. The van der Waals surface area contributed by atoms with Gasteiger partial charge in [0.1, 0.15) is 6.67 Å². The Morgan fingerprint density at radius 3 is 1.59 bits per heavy atom. The number of rotatable bonds is 6. The van der Waals surface area contributed by atoms with Gasteiger partial charge in [-0.2, -0.15) is 30.7 Å². The van der Waals surface area contributed by atoms with Gasteiger partial charge in [0, 0.05) is 0 Å². The molecule has 1 unspecified atom stereocenters. The van der Waals surface area contributed by atoms with E-state index in [1.54, 1.807) is 0 Å². The summed E-state index contributed by atoms with van der Waals surface area (Å²) in [5.74, 6) is 0. The normalized spacial score (nSPS) is 16.1. The third-order valence-corrected chi connectivity index (χ3v) is 1.37. The standard InChI is InChI=1S/C6H5F9O2/c7-1-3(4(9,10)11)17-6(14,15)5(12,13)16-2-8/h3H,1-2H2. The van der Waals surface area contributed by atoms with Crippen LogP contribution in [0.1, 0.15) is 0 Å². The zero-order chi connectivity index (χ0) is 13.9. The maximum Gasteiger partial charge on any atom is 0.450 e. The molecule has 17 heavy (non-hydrogen) atoms. The van der Waals surface area contributed by atoms with Gasteiger partial charge in [-0.1, -0.05) is 0 Å². The van der Waals surface area contributed by atoms with Crippen molar-refractivity contribution in [3.05, 3.63) is 0 Å². The molecule has 0 spiro atoms. The van der Waals surface area contributed by atoms with Crippen LogP contribution >= 0.6 is 0 Å². The zero-order valence-electron chi connectivity index (χ0n) is 7.71. The fourth-order valence-electron chi connectivity index (χ4n) is 0.586. The fraction of sp³-hybridized carbons (Fsp3) is 1.00. The number of alkyl halides is 9. The summed E-state index contributed by atoms with van der Waals surface area (Å²) in [6, 6.07) is 0. The smallest absolute Gasteiger partial charge is 0.298 e. The molecule has 0 bridgehead atoms. The summed E-state index contributed by atoms with van der Waals surface area (Å²) in [5.41, 5.74) is 0. The lowest BCUT2D eigenvalue weighted by atomic mass is 10.4. The van der Waals surface area contributed by atoms with E-state index in [0.29, 0.717) is 0 Å². The molecule has 1 atom stereocenters. The minimum Gasteiger partial charge on any atom is -0.298 e. The summed E-state index contributed by atoms with van der Waals surface area (Å²) in [7, 11) is 0. The van der Waals surface area contributed by atoms with E-state index in [-0.39, 0.29) is 0 Å². The average Bonchev–Trinajstić information content (AvgIpc) is 2.12. The van der Waals surface area contributed by atoms with Gasteiger partial charge in [-0.25, -0.2) is 8.78 Å². The third kappa shape index (κ3) is 4.22. The summed E-state index contributed by atoms with van der Waals surface area (Å²) in [5, 5.41) is 0. The second-order valence-corrected chi connectivity index (χ2v) is 2.59. The van der Waals surface area contributed by atoms with Crippen LogP contribution in [0.2, 0.25) is 0 Å². The van der Waals surface area contributed by atoms with Crippen LogP contribution in [-0.4, -0.2) is 38.0 Å². The quantitative estimate of drug-likeness (QED) is 0.696. The maximum atomic E-state index is 12.4. The van der Waals surface area contributed by atoms with Crippen molar-refractivity contribution in [3.8, 4) is 0 Å². The van der Waals surface area contributed by atoms with Gasteiger partial charge in [-0.3, -0.25) is 9.47 Å². The van der Waals surface area contributed by atoms with Crippen LogP contribution < -0.4 is 0 Å². The van der Waals surface area contributed by atoms with Gasteiger partial charge in [0.15, 0.2) is 13.0 Å². The molecule has 0 aliphatic carbocycles. The Hall–Kier alpha value is -0.710. The number of halogens is 9. The van der Waals surface area contributed by atoms with Crippen molar-refractivity contribution in [1.29, 1.82) is 0 Å². The lowest BCUT2D eigenvalue weighted by Gasteiger charge is -2.28. The lowest BCUT2D eigenvalue weighted by Crippen LogP contribution is -2.50. The molecule has 104 valence electrons. The van der Waals surface area contributed by atoms with Gasteiger partial charge in [-0.15, -0.1) is 0 Å². The Balaban J connectivity index is 4.84. The Morgan fingerprint density at radius 2 is 1.29 bits per heavy atom. The molecule has 0 aromatic rings.